The Bertz CT molecular complexity index is 958. The van der Waals surface area contributed by atoms with Crippen molar-refractivity contribution in [1.82, 2.24) is 0 Å². The van der Waals surface area contributed by atoms with Gasteiger partial charge in [0.25, 0.3) is 0 Å². The predicted molar refractivity (Wildman–Crippen MR) is 133 cm³/mol. The van der Waals surface area contributed by atoms with Gasteiger partial charge in [-0.25, -0.2) is 0 Å². The molecule has 0 aromatic carbocycles. The number of ketones is 2. The third-order valence-corrected chi connectivity index (χ3v) is 10.9. The zero-order chi connectivity index (χ0) is 27.1. The van der Waals surface area contributed by atoms with E-state index in [1.165, 1.54) is 7.11 Å². The van der Waals surface area contributed by atoms with E-state index < -0.39 is 17.4 Å². The number of carboxylic acids is 1. The Morgan fingerprint density at radius 3 is 2.41 bits per heavy atom. The maximum Gasteiger partial charge on any atom is 0.306 e. The van der Waals surface area contributed by atoms with E-state index in [1.54, 1.807) is 0 Å². The molecule has 4 fully saturated rings. The second-order valence-electron chi connectivity index (χ2n) is 12.6. The number of Topliss-reactive ketones (excluding diaryl/α,β-unsaturated/α-hetero) is 2. The largest absolute Gasteiger partial charge is 0.481 e. The second-order valence-corrected chi connectivity index (χ2v) is 12.6. The number of hydrogen-bond donors (Lipinski definition) is 1. The highest BCUT2D eigenvalue weighted by molar-refractivity contribution is 5.92. The van der Waals surface area contributed by atoms with Gasteiger partial charge in [-0.2, -0.15) is 0 Å². The smallest absolute Gasteiger partial charge is 0.306 e. The van der Waals surface area contributed by atoms with Crippen LogP contribution in [0.5, 0.6) is 0 Å². The van der Waals surface area contributed by atoms with Crippen LogP contribution in [-0.4, -0.2) is 47.8 Å². The van der Waals surface area contributed by atoms with E-state index in [0.29, 0.717) is 38.5 Å². The van der Waals surface area contributed by atoms with Gasteiger partial charge in [0.1, 0.15) is 17.7 Å². The molecule has 0 aliphatic heterocycles. The number of carbonyl (C=O) groups is 5. The summed E-state index contributed by atoms with van der Waals surface area (Å²) in [5, 5.41) is 8.81. The molecular weight excluding hydrogens is 476 g/mol. The molecule has 8 heteroatoms. The van der Waals surface area contributed by atoms with Gasteiger partial charge in [-0.3, -0.25) is 24.0 Å². The molecule has 9 atom stereocenters. The molecule has 0 amide bonds. The van der Waals surface area contributed by atoms with Crippen molar-refractivity contribution in [2.45, 2.75) is 97.5 Å². The molecule has 0 saturated heterocycles. The molecule has 0 aromatic heterocycles. The van der Waals surface area contributed by atoms with Crippen molar-refractivity contribution in [2.24, 2.45) is 46.3 Å². The molecular formula is C29H42O8. The molecule has 0 spiro atoms. The van der Waals surface area contributed by atoms with Crippen molar-refractivity contribution < 1.29 is 38.6 Å². The number of aliphatic carboxylic acids is 1. The average Bonchev–Trinajstić information content (AvgIpc) is 3.21. The zero-order valence-electron chi connectivity index (χ0n) is 22.6. The molecule has 4 saturated carbocycles. The Balaban J connectivity index is 1.48. The third-order valence-electron chi connectivity index (χ3n) is 10.9. The number of ether oxygens (including phenoxy) is 2. The Morgan fingerprint density at radius 2 is 1.73 bits per heavy atom. The molecule has 0 heterocycles. The van der Waals surface area contributed by atoms with E-state index in [9.17, 15) is 24.0 Å². The lowest BCUT2D eigenvalue weighted by atomic mass is 9.43. The molecule has 1 N–H and O–H groups in total. The molecule has 37 heavy (non-hydrogen) atoms. The summed E-state index contributed by atoms with van der Waals surface area (Å²) in [6.07, 6.45) is 5.01. The van der Waals surface area contributed by atoms with Crippen molar-refractivity contribution in [3.63, 3.8) is 0 Å². The van der Waals surface area contributed by atoms with Gasteiger partial charge in [-0.05, 0) is 73.5 Å². The van der Waals surface area contributed by atoms with E-state index in [-0.39, 0.29) is 77.4 Å². The molecule has 0 radical (unpaired) electrons. The number of methoxy groups -OCH3 is 1. The van der Waals surface area contributed by atoms with Crippen LogP contribution in [0, 0.1) is 46.3 Å². The number of hydrogen-bond acceptors (Lipinski definition) is 7. The molecule has 4 rings (SSSR count). The van der Waals surface area contributed by atoms with Gasteiger partial charge in [0, 0.05) is 30.6 Å². The monoisotopic (exact) mass is 518 g/mol. The lowest BCUT2D eigenvalue weighted by Gasteiger charge is -2.59. The summed E-state index contributed by atoms with van der Waals surface area (Å²) in [6.45, 7) is 6.43. The SMILES string of the molecule is COC(=O)CC[C@H](C)[C@H]1CC[C@H]2[C@H]3C(=O)C[C@@H]4C[C@H](OC(=O)CCC(=O)O)CC[C@]4(C)[C@H]3CC(=O)[C@]12C. The first kappa shape index (κ1) is 27.8. The van der Waals surface area contributed by atoms with Crippen LogP contribution < -0.4 is 0 Å². The Kier molecular flexibility index (Phi) is 7.87. The average molecular weight is 519 g/mol. The topological polar surface area (TPSA) is 124 Å². The fourth-order valence-corrected chi connectivity index (χ4v) is 8.77. The summed E-state index contributed by atoms with van der Waals surface area (Å²) in [7, 11) is 1.39. The van der Waals surface area contributed by atoms with Crippen LogP contribution in [0.15, 0.2) is 0 Å². The molecule has 4 aliphatic rings. The van der Waals surface area contributed by atoms with E-state index in [0.717, 1.165) is 19.3 Å². The minimum atomic E-state index is -1.03. The van der Waals surface area contributed by atoms with E-state index >= 15 is 0 Å². The number of fused-ring (bicyclic) bond motifs is 5. The third kappa shape index (κ3) is 4.97. The maximum atomic E-state index is 13.9. The lowest BCUT2D eigenvalue weighted by Crippen LogP contribution is -2.60. The first-order chi connectivity index (χ1) is 17.4. The number of rotatable bonds is 8. The van der Waals surface area contributed by atoms with Crippen molar-refractivity contribution >= 4 is 29.5 Å². The highest BCUT2D eigenvalue weighted by Crippen LogP contribution is 2.66. The van der Waals surface area contributed by atoms with Crippen LogP contribution in [0.2, 0.25) is 0 Å². The van der Waals surface area contributed by atoms with Crippen LogP contribution in [-0.2, 0) is 33.4 Å². The van der Waals surface area contributed by atoms with Gasteiger partial charge in [-0.15, -0.1) is 0 Å². The van der Waals surface area contributed by atoms with Gasteiger partial charge in [0.15, 0.2) is 0 Å². The zero-order valence-corrected chi connectivity index (χ0v) is 22.6. The summed E-state index contributed by atoms with van der Waals surface area (Å²) in [5.41, 5.74) is -0.694. The summed E-state index contributed by atoms with van der Waals surface area (Å²) in [4.78, 5) is 62.2. The van der Waals surface area contributed by atoms with Crippen molar-refractivity contribution in [3.8, 4) is 0 Å². The Morgan fingerprint density at radius 1 is 1.00 bits per heavy atom. The number of carbonyl (C=O) groups excluding carboxylic acids is 4. The molecule has 0 unspecified atom stereocenters. The molecule has 206 valence electrons. The molecule has 0 aromatic rings. The van der Waals surface area contributed by atoms with Gasteiger partial charge in [0.2, 0.25) is 0 Å². The van der Waals surface area contributed by atoms with E-state index in [4.69, 9.17) is 14.6 Å². The summed E-state index contributed by atoms with van der Waals surface area (Å²) in [6, 6.07) is 0. The number of esters is 2. The quantitative estimate of drug-likeness (QED) is 0.470. The summed E-state index contributed by atoms with van der Waals surface area (Å²) >= 11 is 0. The Hall–Kier alpha value is -2.25. The maximum absolute atomic E-state index is 13.9. The summed E-state index contributed by atoms with van der Waals surface area (Å²) < 4.78 is 10.4. The Labute approximate surface area is 219 Å². The van der Waals surface area contributed by atoms with Crippen LogP contribution in [0.25, 0.3) is 0 Å². The predicted octanol–water partition coefficient (Wildman–Crippen LogP) is 4.37. The van der Waals surface area contributed by atoms with E-state index in [2.05, 4.69) is 20.8 Å². The summed E-state index contributed by atoms with van der Waals surface area (Å²) in [5.74, 6) is -0.893. The van der Waals surface area contributed by atoms with Gasteiger partial charge in [0.05, 0.1) is 20.0 Å². The normalized spacial score (nSPS) is 39.7. The highest BCUT2D eigenvalue weighted by atomic mass is 16.5. The minimum absolute atomic E-state index is 0.0112. The van der Waals surface area contributed by atoms with Crippen LogP contribution in [0.3, 0.4) is 0 Å². The standard InChI is InChI=1S/C29H42O8/c1-16(5-9-25(34)36-4)19-6-7-20-27-21(15-23(31)29(19,20)3)28(2)12-11-18(13-17(28)14-22(27)30)37-26(35)10-8-24(32)33/h16-21,27H,5-15H2,1-4H3,(H,32,33)/t16-,17-,18+,19+,20-,21-,27+,28-,29+/m0/s1. The van der Waals surface area contributed by atoms with Crippen LogP contribution >= 0.6 is 0 Å². The van der Waals surface area contributed by atoms with Crippen molar-refractivity contribution in [2.75, 3.05) is 7.11 Å². The minimum Gasteiger partial charge on any atom is -0.481 e. The van der Waals surface area contributed by atoms with Gasteiger partial charge >= 0.3 is 17.9 Å². The van der Waals surface area contributed by atoms with Crippen LogP contribution in [0.1, 0.15) is 91.4 Å². The van der Waals surface area contributed by atoms with Gasteiger partial charge in [-0.1, -0.05) is 20.8 Å². The first-order valence-electron chi connectivity index (χ1n) is 14.0. The van der Waals surface area contributed by atoms with E-state index in [1.807, 2.05) is 0 Å². The second kappa shape index (κ2) is 10.5. The fraction of sp³-hybridized carbons (Fsp3) is 0.828. The lowest BCUT2D eigenvalue weighted by molar-refractivity contribution is -0.173. The molecule has 4 aliphatic carbocycles. The van der Waals surface area contributed by atoms with Crippen molar-refractivity contribution in [1.29, 1.82) is 0 Å². The number of carboxylic acid groups (broad SMARTS) is 1. The molecule has 0 bridgehead atoms. The highest BCUT2D eigenvalue weighted by Gasteiger charge is 2.66. The first-order valence-corrected chi connectivity index (χ1v) is 14.0. The fourth-order valence-electron chi connectivity index (χ4n) is 8.77. The van der Waals surface area contributed by atoms with Crippen LogP contribution in [0.4, 0.5) is 0 Å². The van der Waals surface area contributed by atoms with Crippen molar-refractivity contribution in [3.05, 3.63) is 0 Å². The molecule has 8 nitrogen and oxygen atoms in total. The van der Waals surface area contributed by atoms with Gasteiger partial charge < -0.3 is 14.6 Å².